The molecule has 5 aromatic rings. The van der Waals surface area contributed by atoms with Crippen LogP contribution in [0.25, 0.3) is 0 Å². The van der Waals surface area contributed by atoms with Gasteiger partial charge in [0.15, 0.2) is 17.5 Å². The fraction of sp³-hybridized carbons (Fsp3) is 0.400. The number of para-hydroxylation sites is 3. The number of benzene rings is 3. The van der Waals surface area contributed by atoms with Crippen molar-refractivity contribution in [1.29, 1.82) is 0 Å². The Hall–Kier alpha value is -4.91. The maximum absolute atomic E-state index is 5.35. The van der Waals surface area contributed by atoms with Crippen molar-refractivity contribution in [2.24, 2.45) is 5.41 Å². The Labute approximate surface area is 309 Å². The Kier molecular flexibility index (Phi) is 7.32. The van der Waals surface area contributed by atoms with Gasteiger partial charge in [-0.2, -0.15) is 0 Å². The maximum Gasteiger partial charge on any atom is 0.178 e. The highest BCUT2D eigenvalue weighted by Crippen LogP contribution is 2.77. The average Bonchev–Trinajstić information content (AvgIpc) is 3.64. The molecule has 5 unspecified atom stereocenters. The molecule has 9 rings (SSSR count). The zero-order valence-corrected chi connectivity index (χ0v) is 31.9. The van der Waals surface area contributed by atoms with Crippen LogP contribution in [0.4, 0.5) is 40.2 Å². The van der Waals surface area contributed by atoms with Crippen LogP contribution in [0, 0.1) is 5.41 Å². The number of fused-ring (bicyclic) bond motifs is 9. The van der Waals surface area contributed by atoms with Crippen molar-refractivity contribution in [1.82, 2.24) is 15.0 Å². The standard InChI is InChI=1S/C45H51N7/c1-9-44-27-34(45(44,10-2)33-22-15-17-24-36(33)52-39-37(25-18-26-46-39)49(29(3)4)42(44)52)32-21-14-16-23-35(32)51-30(5)50(31-19-12-11-13-20-31)41-40(51)47-28-38(48-41)43(6,7)8/h11-26,28-30,34,42H,9-10,27H2,1-8H3. The molecular formula is C45H51N7. The van der Waals surface area contributed by atoms with Crippen molar-refractivity contribution in [2.75, 3.05) is 19.6 Å². The summed E-state index contributed by atoms with van der Waals surface area (Å²) in [5, 5.41) is 0. The predicted molar refractivity (Wildman–Crippen MR) is 214 cm³/mol. The highest BCUT2D eigenvalue weighted by molar-refractivity contribution is 5.87. The number of nitrogens with zero attached hydrogens (tertiary/aromatic N) is 7. The minimum atomic E-state index is -0.122. The van der Waals surface area contributed by atoms with Gasteiger partial charge in [0.2, 0.25) is 0 Å². The van der Waals surface area contributed by atoms with Gasteiger partial charge in [0.1, 0.15) is 12.3 Å². The largest absolute Gasteiger partial charge is 0.345 e. The quantitative estimate of drug-likeness (QED) is 0.176. The summed E-state index contributed by atoms with van der Waals surface area (Å²) >= 11 is 0. The van der Waals surface area contributed by atoms with Crippen LogP contribution in [0.5, 0.6) is 0 Å². The normalized spacial score (nSPS) is 25.8. The first-order valence-corrected chi connectivity index (χ1v) is 19.3. The van der Waals surface area contributed by atoms with Crippen molar-refractivity contribution in [2.45, 2.75) is 110 Å². The van der Waals surface area contributed by atoms with Gasteiger partial charge >= 0.3 is 0 Å². The first-order chi connectivity index (χ1) is 25.1. The monoisotopic (exact) mass is 689 g/mol. The molecular weight excluding hydrogens is 639 g/mol. The first kappa shape index (κ1) is 33.0. The van der Waals surface area contributed by atoms with Crippen LogP contribution >= 0.6 is 0 Å². The highest BCUT2D eigenvalue weighted by atomic mass is 15.5. The van der Waals surface area contributed by atoms with Crippen molar-refractivity contribution in [3.8, 4) is 0 Å². The van der Waals surface area contributed by atoms with Gasteiger partial charge in [0.05, 0.1) is 17.6 Å². The van der Waals surface area contributed by atoms with Gasteiger partial charge in [0, 0.05) is 45.5 Å². The van der Waals surface area contributed by atoms with Gasteiger partial charge in [-0.1, -0.05) is 89.2 Å². The molecule has 0 bridgehead atoms. The zero-order valence-electron chi connectivity index (χ0n) is 31.9. The summed E-state index contributed by atoms with van der Waals surface area (Å²) in [5.74, 6) is 3.24. The van der Waals surface area contributed by atoms with Crippen LogP contribution in [0.15, 0.2) is 103 Å². The smallest absolute Gasteiger partial charge is 0.178 e. The number of hydrogen-bond donors (Lipinski definition) is 0. The van der Waals surface area contributed by atoms with Crippen LogP contribution < -0.4 is 19.6 Å². The Morgan fingerprint density at radius 2 is 1.42 bits per heavy atom. The van der Waals surface area contributed by atoms with E-state index in [1.807, 2.05) is 12.4 Å². The number of rotatable bonds is 6. The third-order valence-electron chi connectivity index (χ3n) is 13.0. The van der Waals surface area contributed by atoms with E-state index in [-0.39, 0.29) is 28.6 Å². The summed E-state index contributed by atoms with van der Waals surface area (Å²) in [6.45, 7) is 18.5. The van der Waals surface area contributed by atoms with E-state index < -0.39 is 0 Å². The molecule has 52 heavy (non-hydrogen) atoms. The SMILES string of the molecule is CCC12CC(c3ccccc3N3c4ncc(C(C)(C)C)nc4N(c4ccccc4)C3C)C1(CC)c1ccccc1N1c3ncccc3N(C(C)C)C12. The first-order valence-electron chi connectivity index (χ1n) is 19.3. The van der Waals surface area contributed by atoms with Gasteiger partial charge in [-0.3, -0.25) is 0 Å². The second-order valence-electron chi connectivity index (χ2n) is 16.6. The summed E-state index contributed by atoms with van der Waals surface area (Å²) in [7, 11) is 0. The van der Waals surface area contributed by atoms with E-state index in [4.69, 9.17) is 15.0 Å². The Morgan fingerprint density at radius 1 is 0.731 bits per heavy atom. The van der Waals surface area contributed by atoms with Crippen LogP contribution in [0.3, 0.4) is 0 Å². The Balaban J connectivity index is 1.23. The van der Waals surface area contributed by atoms with E-state index in [0.717, 1.165) is 48.1 Å². The van der Waals surface area contributed by atoms with Crippen molar-refractivity contribution in [3.05, 3.63) is 120 Å². The Morgan fingerprint density at radius 3 is 2.13 bits per heavy atom. The summed E-state index contributed by atoms with van der Waals surface area (Å²) < 4.78 is 0. The van der Waals surface area contributed by atoms with Gasteiger partial charge < -0.3 is 19.6 Å². The minimum Gasteiger partial charge on any atom is -0.345 e. The molecule has 0 radical (unpaired) electrons. The molecule has 1 saturated carbocycles. The van der Waals surface area contributed by atoms with E-state index in [2.05, 4.69) is 166 Å². The second kappa shape index (κ2) is 11.5. The average molecular weight is 690 g/mol. The van der Waals surface area contributed by atoms with E-state index in [1.165, 1.54) is 28.2 Å². The maximum atomic E-state index is 5.35. The molecule has 2 aromatic heterocycles. The highest BCUT2D eigenvalue weighted by Gasteiger charge is 2.74. The predicted octanol–water partition coefficient (Wildman–Crippen LogP) is 10.7. The number of pyridine rings is 1. The van der Waals surface area contributed by atoms with Crippen LogP contribution in [-0.2, 0) is 10.8 Å². The number of hydrogen-bond acceptors (Lipinski definition) is 7. The molecule has 0 spiro atoms. The van der Waals surface area contributed by atoms with Gasteiger partial charge in [-0.05, 0) is 93.5 Å². The lowest BCUT2D eigenvalue weighted by atomic mass is 9.36. The van der Waals surface area contributed by atoms with Crippen molar-refractivity contribution < 1.29 is 0 Å². The molecule has 7 heteroatoms. The fourth-order valence-electron chi connectivity index (χ4n) is 10.8. The minimum absolute atomic E-state index is 0.00483. The van der Waals surface area contributed by atoms with Crippen LogP contribution in [0.2, 0.25) is 0 Å². The van der Waals surface area contributed by atoms with E-state index in [9.17, 15) is 0 Å². The molecule has 7 nitrogen and oxygen atoms in total. The van der Waals surface area contributed by atoms with Gasteiger partial charge in [0.25, 0.3) is 0 Å². The van der Waals surface area contributed by atoms with Crippen LogP contribution in [0.1, 0.15) is 97.4 Å². The molecule has 3 aromatic carbocycles. The molecule has 5 heterocycles. The lowest BCUT2D eigenvalue weighted by Crippen LogP contribution is -2.73. The summed E-state index contributed by atoms with van der Waals surface area (Å²) in [5.41, 5.74) is 8.56. The molecule has 0 saturated heterocycles. The lowest BCUT2D eigenvalue weighted by molar-refractivity contribution is -0.0744. The van der Waals surface area contributed by atoms with Crippen LogP contribution in [-0.4, -0.2) is 33.3 Å². The third kappa shape index (κ3) is 4.16. The summed E-state index contributed by atoms with van der Waals surface area (Å²) in [6.07, 6.45) is 7.33. The second-order valence-corrected chi connectivity index (χ2v) is 16.6. The van der Waals surface area contributed by atoms with Gasteiger partial charge in [-0.15, -0.1) is 0 Å². The van der Waals surface area contributed by atoms with E-state index >= 15 is 0 Å². The third-order valence-corrected chi connectivity index (χ3v) is 13.0. The lowest BCUT2D eigenvalue weighted by Gasteiger charge is -2.72. The molecule has 0 N–H and O–H groups in total. The number of aromatic nitrogens is 3. The topological polar surface area (TPSA) is 51.6 Å². The van der Waals surface area contributed by atoms with Gasteiger partial charge in [-0.25, -0.2) is 15.0 Å². The number of anilines is 7. The fourth-order valence-corrected chi connectivity index (χ4v) is 10.8. The molecule has 266 valence electrons. The molecule has 1 fully saturated rings. The zero-order chi connectivity index (χ0) is 36.2. The van der Waals surface area contributed by atoms with Crippen molar-refractivity contribution >= 4 is 40.2 Å². The van der Waals surface area contributed by atoms with E-state index in [0.29, 0.717) is 12.0 Å². The Bertz CT molecular complexity index is 2160. The van der Waals surface area contributed by atoms with E-state index in [1.54, 1.807) is 0 Å². The summed E-state index contributed by atoms with van der Waals surface area (Å²) in [6, 6.07) is 33.8. The molecule has 0 amide bonds. The molecule has 5 atom stereocenters. The molecule has 1 aliphatic carbocycles. The van der Waals surface area contributed by atoms with Crippen molar-refractivity contribution in [3.63, 3.8) is 0 Å². The molecule has 4 aliphatic rings. The molecule has 3 aliphatic heterocycles. The summed E-state index contributed by atoms with van der Waals surface area (Å²) in [4.78, 5) is 25.8.